The molecule has 3 heterocycles. The minimum Gasteiger partial charge on any atom is -0.378 e. The van der Waals surface area contributed by atoms with Crippen molar-refractivity contribution in [2.45, 2.75) is 47.1 Å². The van der Waals surface area contributed by atoms with Crippen molar-refractivity contribution in [1.29, 1.82) is 0 Å². The summed E-state index contributed by atoms with van der Waals surface area (Å²) in [4.78, 5) is 48.4. The van der Waals surface area contributed by atoms with Crippen LogP contribution in [-0.4, -0.2) is 53.0 Å². The molecule has 2 amide bonds. The van der Waals surface area contributed by atoms with Gasteiger partial charge in [-0.15, -0.1) is 0 Å². The van der Waals surface area contributed by atoms with Crippen LogP contribution in [0.1, 0.15) is 62.1 Å². The molecule has 1 aliphatic rings. The fraction of sp³-hybridized carbons (Fsp3) is 0.333. The highest BCUT2D eigenvalue weighted by Gasteiger charge is 2.22. The lowest BCUT2D eigenvalue weighted by Crippen LogP contribution is -2.40. The molecule has 4 aromatic rings. The van der Waals surface area contributed by atoms with Crippen molar-refractivity contribution in [1.82, 2.24) is 20.2 Å². The molecule has 0 unspecified atom stereocenters. The number of morpholine rings is 1. The van der Waals surface area contributed by atoms with E-state index in [0.717, 1.165) is 51.9 Å². The number of carbonyl (C=O) groups is 2. The van der Waals surface area contributed by atoms with E-state index in [1.807, 2.05) is 51.1 Å². The highest BCUT2D eigenvalue weighted by Crippen LogP contribution is 2.34. The molecule has 218 valence electrons. The summed E-state index contributed by atoms with van der Waals surface area (Å²) in [7, 11) is 0. The molecular formula is C33H35ClN4O4. The Hall–Kier alpha value is -4.01. The van der Waals surface area contributed by atoms with Crippen molar-refractivity contribution in [3.8, 4) is 11.1 Å². The molecule has 1 aliphatic heterocycles. The number of nitrogens with one attached hydrogen (secondary N) is 2. The van der Waals surface area contributed by atoms with Gasteiger partial charge in [-0.3, -0.25) is 19.4 Å². The van der Waals surface area contributed by atoms with Gasteiger partial charge in [-0.1, -0.05) is 37.1 Å². The number of fused-ring (bicyclic) bond motifs is 1. The van der Waals surface area contributed by atoms with Gasteiger partial charge >= 0.3 is 0 Å². The third-order valence-electron chi connectivity index (χ3n) is 7.72. The van der Waals surface area contributed by atoms with Gasteiger partial charge in [0.1, 0.15) is 0 Å². The fourth-order valence-electron chi connectivity index (χ4n) is 5.57. The fourth-order valence-corrected chi connectivity index (χ4v) is 5.83. The SMILES string of the molecule is CCCc1cc(C)[nH]c(=O)c1CNC(=O)c1ccc2c(-c3ccc(C(=O)N4CCOCC4)c(Cl)c3)cc(C)nc2c1C. The van der Waals surface area contributed by atoms with E-state index in [4.69, 9.17) is 21.3 Å². The molecule has 2 N–H and O–H groups in total. The minimum absolute atomic E-state index is 0.105. The zero-order valence-electron chi connectivity index (χ0n) is 24.4. The maximum absolute atomic E-state index is 13.3. The van der Waals surface area contributed by atoms with Gasteiger partial charge in [-0.25, -0.2) is 0 Å². The quantitative estimate of drug-likeness (QED) is 0.297. The summed E-state index contributed by atoms with van der Waals surface area (Å²) in [6, 6.07) is 13.1. The van der Waals surface area contributed by atoms with Crippen LogP contribution in [-0.2, 0) is 17.7 Å². The summed E-state index contributed by atoms with van der Waals surface area (Å²) in [5.74, 6) is -0.373. The van der Waals surface area contributed by atoms with Crippen molar-refractivity contribution < 1.29 is 14.3 Å². The Bertz CT molecular complexity index is 1740. The monoisotopic (exact) mass is 586 g/mol. The summed E-state index contributed by atoms with van der Waals surface area (Å²) >= 11 is 6.65. The molecule has 0 bridgehead atoms. The second kappa shape index (κ2) is 12.5. The summed E-state index contributed by atoms with van der Waals surface area (Å²) in [5.41, 5.74) is 7.13. The van der Waals surface area contributed by atoms with E-state index in [1.54, 1.807) is 17.0 Å². The third kappa shape index (κ3) is 5.96. The molecule has 5 rings (SSSR count). The van der Waals surface area contributed by atoms with Crippen LogP contribution >= 0.6 is 11.6 Å². The maximum atomic E-state index is 13.3. The second-order valence-corrected chi connectivity index (χ2v) is 11.2. The number of ether oxygens (including phenoxy) is 1. The molecule has 2 aromatic heterocycles. The number of hydrogen-bond donors (Lipinski definition) is 2. The zero-order chi connectivity index (χ0) is 30.0. The first kappa shape index (κ1) is 29.5. The van der Waals surface area contributed by atoms with Crippen molar-refractivity contribution >= 4 is 34.3 Å². The Kier molecular flexibility index (Phi) is 8.75. The molecule has 0 saturated carbocycles. The van der Waals surface area contributed by atoms with Gasteiger partial charge in [-0.2, -0.15) is 0 Å². The number of rotatable bonds is 7. The number of hydrogen-bond acceptors (Lipinski definition) is 5. The zero-order valence-corrected chi connectivity index (χ0v) is 25.2. The van der Waals surface area contributed by atoms with E-state index in [1.165, 1.54) is 0 Å². The number of benzene rings is 2. The summed E-state index contributed by atoms with van der Waals surface area (Å²) < 4.78 is 5.36. The number of aromatic amines is 1. The number of amides is 2. The van der Waals surface area contributed by atoms with Crippen LogP contribution in [0.3, 0.4) is 0 Å². The summed E-state index contributed by atoms with van der Waals surface area (Å²) in [6.07, 6.45) is 1.67. The smallest absolute Gasteiger partial charge is 0.255 e. The number of aromatic nitrogens is 2. The van der Waals surface area contributed by atoms with Crippen LogP contribution in [0.5, 0.6) is 0 Å². The Balaban J connectivity index is 1.44. The molecular weight excluding hydrogens is 552 g/mol. The molecule has 42 heavy (non-hydrogen) atoms. The lowest BCUT2D eigenvalue weighted by molar-refractivity contribution is 0.0303. The first-order chi connectivity index (χ1) is 20.2. The Labute approximate surface area is 250 Å². The molecule has 8 nitrogen and oxygen atoms in total. The van der Waals surface area contributed by atoms with Gasteiger partial charge in [0.15, 0.2) is 0 Å². The van der Waals surface area contributed by atoms with E-state index >= 15 is 0 Å². The summed E-state index contributed by atoms with van der Waals surface area (Å²) in [6.45, 7) is 9.98. The standard InChI is InChI=1S/C33H35ClN4O4/c1-5-6-22-15-19(2)37-32(40)28(22)18-35-31(39)24-9-10-25-27(16-20(3)36-30(25)21(24)4)23-7-8-26(29(34)17-23)33(41)38-11-13-42-14-12-38/h7-10,15-17H,5-6,11-14,18H2,1-4H3,(H,35,39)(H,37,40). The number of halogens is 1. The number of aryl methyl sites for hydroxylation is 4. The Morgan fingerprint density at radius 1 is 1.05 bits per heavy atom. The van der Waals surface area contributed by atoms with Gasteiger partial charge < -0.3 is 19.9 Å². The Morgan fingerprint density at radius 2 is 1.79 bits per heavy atom. The topological polar surface area (TPSA) is 104 Å². The van der Waals surface area contributed by atoms with Gasteiger partial charge in [0, 0.05) is 47.5 Å². The van der Waals surface area contributed by atoms with E-state index in [0.29, 0.717) is 53.5 Å². The van der Waals surface area contributed by atoms with E-state index in [9.17, 15) is 14.4 Å². The number of pyridine rings is 2. The first-order valence-corrected chi connectivity index (χ1v) is 14.6. The molecule has 2 aromatic carbocycles. The van der Waals surface area contributed by atoms with Gasteiger partial charge in [0.25, 0.3) is 17.4 Å². The average molecular weight is 587 g/mol. The predicted octanol–water partition coefficient (Wildman–Crippen LogP) is 5.52. The van der Waals surface area contributed by atoms with E-state index in [-0.39, 0.29) is 23.9 Å². The van der Waals surface area contributed by atoms with E-state index in [2.05, 4.69) is 17.2 Å². The second-order valence-electron chi connectivity index (χ2n) is 10.8. The summed E-state index contributed by atoms with van der Waals surface area (Å²) in [5, 5.41) is 4.20. The van der Waals surface area contributed by atoms with Crippen LogP contribution in [0.2, 0.25) is 5.02 Å². The largest absolute Gasteiger partial charge is 0.378 e. The minimum atomic E-state index is -0.268. The molecule has 0 spiro atoms. The number of H-pyrrole nitrogens is 1. The average Bonchev–Trinajstić information content (AvgIpc) is 2.97. The third-order valence-corrected chi connectivity index (χ3v) is 8.04. The molecule has 0 atom stereocenters. The number of carbonyl (C=O) groups excluding carboxylic acids is 2. The van der Waals surface area contributed by atoms with Crippen LogP contribution in [0, 0.1) is 20.8 Å². The molecule has 0 radical (unpaired) electrons. The molecule has 9 heteroatoms. The maximum Gasteiger partial charge on any atom is 0.255 e. The van der Waals surface area contributed by atoms with Crippen molar-refractivity contribution in [3.05, 3.63) is 97.0 Å². The molecule has 1 fully saturated rings. The predicted molar refractivity (Wildman–Crippen MR) is 165 cm³/mol. The highest BCUT2D eigenvalue weighted by molar-refractivity contribution is 6.34. The lowest BCUT2D eigenvalue weighted by atomic mass is 9.95. The van der Waals surface area contributed by atoms with Crippen molar-refractivity contribution in [2.75, 3.05) is 26.3 Å². The van der Waals surface area contributed by atoms with Crippen molar-refractivity contribution in [2.24, 2.45) is 0 Å². The van der Waals surface area contributed by atoms with Crippen LogP contribution in [0.15, 0.2) is 47.3 Å². The van der Waals surface area contributed by atoms with Gasteiger partial charge in [0.05, 0.1) is 29.3 Å². The van der Waals surface area contributed by atoms with Gasteiger partial charge in [0.2, 0.25) is 0 Å². The van der Waals surface area contributed by atoms with Crippen LogP contribution in [0.4, 0.5) is 0 Å². The van der Waals surface area contributed by atoms with Gasteiger partial charge in [-0.05, 0) is 79.8 Å². The molecule has 0 aliphatic carbocycles. The van der Waals surface area contributed by atoms with Crippen molar-refractivity contribution in [3.63, 3.8) is 0 Å². The normalized spacial score (nSPS) is 13.4. The lowest BCUT2D eigenvalue weighted by Gasteiger charge is -2.27. The highest BCUT2D eigenvalue weighted by atomic mass is 35.5. The first-order valence-electron chi connectivity index (χ1n) is 14.3. The Morgan fingerprint density at radius 3 is 2.50 bits per heavy atom. The van der Waals surface area contributed by atoms with Crippen LogP contribution in [0.25, 0.3) is 22.0 Å². The number of nitrogens with zero attached hydrogens (tertiary/aromatic N) is 2. The van der Waals surface area contributed by atoms with E-state index < -0.39 is 0 Å². The van der Waals surface area contributed by atoms with Crippen LogP contribution < -0.4 is 10.9 Å². The molecule has 1 saturated heterocycles.